The number of rotatable bonds is 6. The highest BCUT2D eigenvalue weighted by atomic mass is 35.5. The lowest BCUT2D eigenvalue weighted by atomic mass is 10.1. The first-order valence-electron chi connectivity index (χ1n) is 5.74. The Morgan fingerprint density at radius 1 is 1.20 bits per heavy atom. The van der Waals surface area contributed by atoms with E-state index in [-0.39, 0.29) is 23.1 Å². The minimum absolute atomic E-state index is 0.0672. The molecule has 0 radical (unpaired) electrons. The van der Waals surface area contributed by atoms with Gasteiger partial charge in [0.1, 0.15) is 5.76 Å². The van der Waals surface area contributed by atoms with Gasteiger partial charge in [-0.25, -0.2) is 13.1 Å². The van der Waals surface area contributed by atoms with Crippen molar-refractivity contribution in [2.24, 2.45) is 0 Å². The van der Waals surface area contributed by atoms with Crippen LogP contribution in [0.4, 0.5) is 0 Å². The number of benzene rings is 1. The lowest BCUT2D eigenvalue weighted by Gasteiger charge is -2.06. The first-order chi connectivity index (χ1) is 9.53. The quantitative estimate of drug-likeness (QED) is 0.655. The highest BCUT2D eigenvalue weighted by Crippen LogP contribution is 2.12. The third kappa shape index (κ3) is 3.47. The van der Waals surface area contributed by atoms with Gasteiger partial charge in [0.05, 0.1) is 23.6 Å². The molecule has 5 nitrogen and oxygen atoms in total. The molecule has 1 N–H and O–H groups in total. The number of nitrogens with one attached hydrogen (secondary N) is 1. The molecule has 0 aliphatic rings. The number of carbonyl (C=O) groups is 1. The number of hydrogen-bond acceptors (Lipinski definition) is 4. The summed E-state index contributed by atoms with van der Waals surface area (Å²) < 4.78 is 31.5. The zero-order valence-electron chi connectivity index (χ0n) is 10.4. The van der Waals surface area contributed by atoms with E-state index in [2.05, 4.69) is 4.72 Å². The topological polar surface area (TPSA) is 76.4 Å². The van der Waals surface area contributed by atoms with E-state index < -0.39 is 10.0 Å². The summed E-state index contributed by atoms with van der Waals surface area (Å²) in [6, 6.07) is 8.95. The average Bonchev–Trinajstić information content (AvgIpc) is 2.98. The molecule has 1 aromatic carbocycles. The van der Waals surface area contributed by atoms with E-state index in [1.807, 2.05) is 0 Å². The molecule has 1 heterocycles. The van der Waals surface area contributed by atoms with Crippen LogP contribution in [0.2, 0.25) is 0 Å². The summed E-state index contributed by atoms with van der Waals surface area (Å²) in [5, 5.41) is 0. The van der Waals surface area contributed by atoms with Crippen LogP contribution in [0.1, 0.15) is 16.1 Å². The molecular weight excluding hydrogens is 302 g/mol. The first-order valence-corrected chi connectivity index (χ1v) is 7.76. The number of furan rings is 1. The van der Waals surface area contributed by atoms with Crippen molar-refractivity contribution in [3.05, 3.63) is 54.0 Å². The molecule has 0 amide bonds. The molecule has 106 valence electrons. The Bertz CT molecular complexity index is 678. The van der Waals surface area contributed by atoms with E-state index in [1.165, 1.54) is 30.5 Å². The van der Waals surface area contributed by atoms with Gasteiger partial charge in [-0.1, -0.05) is 12.1 Å². The smallest absolute Gasteiger partial charge is 0.240 e. The maximum Gasteiger partial charge on any atom is 0.240 e. The van der Waals surface area contributed by atoms with Crippen LogP contribution in [0, 0.1) is 0 Å². The maximum atomic E-state index is 12.0. The van der Waals surface area contributed by atoms with Gasteiger partial charge in [0.15, 0.2) is 5.78 Å². The highest BCUT2D eigenvalue weighted by Gasteiger charge is 2.15. The standard InChI is InChI=1S/C13H12ClNO4S/c14-8-13(16)10-3-5-12(6-4-10)20(17,18)15-9-11-2-1-7-19-11/h1-7,15H,8-9H2. The van der Waals surface area contributed by atoms with Gasteiger partial charge < -0.3 is 4.42 Å². The number of hydrogen-bond donors (Lipinski definition) is 1. The predicted octanol–water partition coefficient (Wildman–Crippen LogP) is 2.18. The fraction of sp³-hybridized carbons (Fsp3) is 0.154. The molecule has 20 heavy (non-hydrogen) atoms. The Kier molecular flexibility index (Phi) is 4.59. The fourth-order valence-electron chi connectivity index (χ4n) is 1.56. The van der Waals surface area contributed by atoms with Crippen LogP contribution in [0.15, 0.2) is 52.0 Å². The Balaban J connectivity index is 2.11. The van der Waals surface area contributed by atoms with E-state index in [4.69, 9.17) is 16.0 Å². The minimum atomic E-state index is -3.64. The van der Waals surface area contributed by atoms with Crippen molar-refractivity contribution < 1.29 is 17.6 Å². The number of alkyl halides is 1. The van der Waals surface area contributed by atoms with Gasteiger partial charge in [-0.05, 0) is 24.3 Å². The molecule has 1 aromatic heterocycles. The van der Waals surface area contributed by atoms with E-state index in [0.29, 0.717) is 11.3 Å². The van der Waals surface area contributed by atoms with Gasteiger partial charge in [-0.15, -0.1) is 11.6 Å². The molecular formula is C13H12ClNO4S. The second-order valence-electron chi connectivity index (χ2n) is 3.99. The Morgan fingerprint density at radius 2 is 1.90 bits per heavy atom. The monoisotopic (exact) mass is 313 g/mol. The van der Waals surface area contributed by atoms with Crippen molar-refractivity contribution in [1.29, 1.82) is 0 Å². The normalized spacial score (nSPS) is 11.4. The highest BCUT2D eigenvalue weighted by molar-refractivity contribution is 7.89. The van der Waals surface area contributed by atoms with E-state index >= 15 is 0 Å². The van der Waals surface area contributed by atoms with Crippen molar-refractivity contribution in [2.45, 2.75) is 11.4 Å². The summed E-state index contributed by atoms with van der Waals surface area (Å²) in [5.74, 6) is 0.129. The van der Waals surface area contributed by atoms with Crippen LogP contribution in [-0.2, 0) is 16.6 Å². The second-order valence-corrected chi connectivity index (χ2v) is 6.02. The van der Waals surface area contributed by atoms with Crippen molar-refractivity contribution in [3.8, 4) is 0 Å². The number of sulfonamides is 1. The molecule has 0 bridgehead atoms. The summed E-state index contributed by atoms with van der Waals surface area (Å²) >= 11 is 5.43. The van der Waals surface area contributed by atoms with Gasteiger partial charge in [-0.3, -0.25) is 4.79 Å². The van der Waals surface area contributed by atoms with Crippen LogP contribution >= 0.6 is 11.6 Å². The van der Waals surface area contributed by atoms with Gasteiger partial charge >= 0.3 is 0 Å². The van der Waals surface area contributed by atoms with Crippen molar-refractivity contribution >= 4 is 27.4 Å². The van der Waals surface area contributed by atoms with Crippen LogP contribution in [0.25, 0.3) is 0 Å². The summed E-state index contributed by atoms with van der Waals surface area (Å²) in [6.07, 6.45) is 1.47. The molecule has 0 atom stereocenters. The Hall–Kier alpha value is -1.63. The summed E-state index contributed by atoms with van der Waals surface area (Å²) in [4.78, 5) is 11.4. The van der Waals surface area contributed by atoms with Gasteiger partial charge in [0.2, 0.25) is 10.0 Å². The van der Waals surface area contributed by atoms with Crippen molar-refractivity contribution in [2.75, 3.05) is 5.88 Å². The molecule has 2 rings (SSSR count). The van der Waals surface area contributed by atoms with Gasteiger partial charge in [0, 0.05) is 5.56 Å². The van der Waals surface area contributed by atoms with Gasteiger partial charge in [-0.2, -0.15) is 0 Å². The van der Waals surface area contributed by atoms with E-state index in [1.54, 1.807) is 12.1 Å². The summed E-state index contributed by atoms with van der Waals surface area (Å²) in [5.41, 5.74) is 0.380. The van der Waals surface area contributed by atoms with Crippen LogP contribution < -0.4 is 4.72 Å². The zero-order chi connectivity index (χ0) is 14.6. The van der Waals surface area contributed by atoms with Crippen molar-refractivity contribution in [3.63, 3.8) is 0 Å². The SMILES string of the molecule is O=C(CCl)c1ccc(S(=O)(=O)NCc2ccco2)cc1. The molecule has 0 spiro atoms. The third-order valence-corrected chi connectivity index (χ3v) is 4.28. The Morgan fingerprint density at radius 3 is 2.45 bits per heavy atom. The molecule has 7 heteroatoms. The van der Waals surface area contributed by atoms with Crippen LogP contribution in [0.3, 0.4) is 0 Å². The molecule has 2 aromatic rings. The summed E-state index contributed by atoms with van der Waals surface area (Å²) in [7, 11) is -3.64. The predicted molar refractivity (Wildman–Crippen MR) is 74.2 cm³/mol. The largest absolute Gasteiger partial charge is 0.468 e. The number of Topliss-reactive ketones (excluding diaryl/α,β-unsaturated/α-hetero) is 1. The number of carbonyl (C=O) groups excluding carboxylic acids is 1. The molecule has 0 unspecified atom stereocenters. The molecule has 0 saturated carbocycles. The average molecular weight is 314 g/mol. The van der Waals surface area contributed by atoms with Crippen LogP contribution in [-0.4, -0.2) is 20.1 Å². The van der Waals surface area contributed by atoms with E-state index in [0.717, 1.165) is 0 Å². The number of halogens is 1. The van der Waals surface area contributed by atoms with Crippen molar-refractivity contribution in [1.82, 2.24) is 4.72 Å². The summed E-state index contributed by atoms with van der Waals surface area (Å²) in [6.45, 7) is 0.0672. The lowest BCUT2D eigenvalue weighted by Crippen LogP contribution is -2.23. The fourth-order valence-corrected chi connectivity index (χ4v) is 2.71. The minimum Gasteiger partial charge on any atom is -0.468 e. The molecule has 0 saturated heterocycles. The Labute approximate surface area is 121 Å². The lowest BCUT2D eigenvalue weighted by molar-refractivity contribution is 0.102. The number of ketones is 1. The molecule has 0 fully saturated rings. The first kappa shape index (κ1) is 14.8. The third-order valence-electron chi connectivity index (χ3n) is 2.62. The zero-order valence-corrected chi connectivity index (χ0v) is 11.9. The molecule has 0 aliphatic heterocycles. The van der Waals surface area contributed by atoms with Gasteiger partial charge in [0.25, 0.3) is 0 Å². The van der Waals surface area contributed by atoms with Crippen LogP contribution in [0.5, 0.6) is 0 Å². The second kappa shape index (κ2) is 6.21. The van der Waals surface area contributed by atoms with E-state index in [9.17, 15) is 13.2 Å². The molecule has 0 aliphatic carbocycles. The maximum absolute atomic E-state index is 12.0.